The summed E-state index contributed by atoms with van der Waals surface area (Å²) >= 11 is 0. The fourth-order valence-corrected chi connectivity index (χ4v) is 1.80. The summed E-state index contributed by atoms with van der Waals surface area (Å²) in [4.78, 5) is 4.57. The van der Waals surface area contributed by atoms with Crippen LogP contribution in [0.2, 0.25) is 0 Å². The molecule has 1 aromatic carbocycles. The summed E-state index contributed by atoms with van der Waals surface area (Å²) in [5.74, 6) is 2.24. The lowest BCUT2D eigenvalue weighted by molar-refractivity contribution is 0.114. The first-order valence-electron chi connectivity index (χ1n) is 7.88. The van der Waals surface area contributed by atoms with Crippen LogP contribution >= 0.6 is 0 Å². The number of hydrogen-bond donors (Lipinski definition) is 2. The van der Waals surface area contributed by atoms with Crippen LogP contribution in [0.25, 0.3) is 0 Å². The van der Waals surface area contributed by atoms with Crippen molar-refractivity contribution in [2.24, 2.45) is 10.9 Å². The maximum absolute atomic E-state index is 5.55. The van der Waals surface area contributed by atoms with Crippen molar-refractivity contribution in [3.05, 3.63) is 29.8 Å². The molecule has 1 aromatic rings. The molecule has 0 fully saturated rings. The summed E-state index contributed by atoms with van der Waals surface area (Å²) in [7, 11) is 1.67. The van der Waals surface area contributed by atoms with Crippen LogP contribution in [0.3, 0.4) is 0 Å². The van der Waals surface area contributed by atoms with Crippen molar-refractivity contribution >= 4 is 5.96 Å². The molecule has 2 N–H and O–H groups in total. The van der Waals surface area contributed by atoms with Crippen LogP contribution < -0.4 is 15.4 Å². The zero-order chi connectivity index (χ0) is 16.2. The van der Waals surface area contributed by atoms with Gasteiger partial charge in [0.1, 0.15) is 5.75 Å². The molecule has 0 saturated carbocycles. The van der Waals surface area contributed by atoms with Gasteiger partial charge in [-0.05, 0) is 30.5 Å². The number of aliphatic imine (C=N–C) groups is 1. The van der Waals surface area contributed by atoms with Crippen molar-refractivity contribution in [2.75, 3.05) is 33.4 Å². The van der Waals surface area contributed by atoms with Crippen molar-refractivity contribution in [1.29, 1.82) is 0 Å². The normalized spacial score (nSPS) is 11.6. The van der Waals surface area contributed by atoms with Crippen LogP contribution in [0.4, 0.5) is 0 Å². The molecule has 0 heterocycles. The van der Waals surface area contributed by atoms with Crippen LogP contribution in [0.5, 0.6) is 5.75 Å². The van der Waals surface area contributed by atoms with E-state index in [4.69, 9.17) is 9.47 Å². The van der Waals surface area contributed by atoms with Crippen LogP contribution in [-0.4, -0.2) is 39.4 Å². The molecule has 0 atom stereocenters. The highest BCUT2D eigenvalue weighted by Crippen LogP contribution is 2.11. The fourth-order valence-electron chi connectivity index (χ4n) is 1.80. The minimum absolute atomic E-state index is 0.567. The Labute approximate surface area is 134 Å². The Morgan fingerprint density at radius 3 is 2.50 bits per heavy atom. The van der Waals surface area contributed by atoms with E-state index in [0.717, 1.165) is 37.0 Å². The maximum atomic E-state index is 5.55. The van der Waals surface area contributed by atoms with E-state index in [1.807, 2.05) is 24.3 Å². The largest absolute Gasteiger partial charge is 0.497 e. The number of guanidine groups is 1. The number of benzene rings is 1. The van der Waals surface area contributed by atoms with Gasteiger partial charge in [0.25, 0.3) is 0 Å². The van der Waals surface area contributed by atoms with E-state index in [2.05, 4.69) is 36.4 Å². The van der Waals surface area contributed by atoms with E-state index < -0.39 is 0 Å². The Morgan fingerprint density at radius 2 is 1.91 bits per heavy atom. The molecule has 22 heavy (non-hydrogen) atoms. The lowest BCUT2D eigenvalue weighted by atomic mass is 10.2. The van der Waals surface area contributed by atoms with E-state index in [1.165, 1.54) is 0 Å². The third-order valence-electron chi connectivity index (χ3n) is 2.91. The second-order valence-corrected chi connectivity index (χ2v) is 5.44. The average molecular weight is 307 g/mol. The van der Waals surface area contributed by atoms with Crippen molar-refractivity contribution in [2.45, 2.75) is 27.3 Å². The van der Waals surface area contributed by atoms with Crippen LogP contribution in [-0.2, 0) is 11.3 Å². The van der Waals surface area contributed by atoms with Gasteiger partial charge in [0, 0.05) is 19.7 Å². The average Bonchev–Trinajstić information content (AvgIpc) is 2.52. The van der Waals surface area contributed by atoms with Crippen molar-refractivity contribution in [1.82, 2.24) is 10.6 Å². The van der Waals surface area contributed by atoms with E-state index in [1.54, 1.807) is 7.11 Å². The minimum atomic E-state index is 0.567. The predicted octanol–water partition coefficient (Wildman–Crippen LogP) is 2.42. The van der Waals surface area contributed by atoms with Crippen molar-refractivity contribution < 1.29 is 9.47 Å². The molecule has 5 heteroatoms. The topological polar surface area (TPSA) is 54.9 Å². The first-order chi connectivity index (χ1) is 10.7. The van der Waals surface area contributed by atoms with Crippen LogP contribution in [0, 0.1) is 5.92 Å². The van der Waals surface area contributed by atoms with E-state index in [-0.39, 0.29) is 0 Å². The lowest BCUT2D eigenvalue weighted by Gasteiger charge is -2.12. The highest BCUT2D eigenvalue weighted by Gasteiger charge is 1.99. The molecule has 0 aliphatic carbocycles. The van der Waals surface area contributed by atoms with Gasteiger partial charge in [-0.2, -0.15) is 0 Å². The third-order valence-corrected chi connectivity index (χ3v) is 2.91. The molecule has 0 aromatic heterocycles. The second kappa shape index (κ2) is 10.9. The van der Waals surface area contributed by atoms with Crippen molar-refractivity contribution in [3.63, 3.8) is 0 Å². The van der Waals surface area contributed by atoms with Gasteiger partial charge in [0.2, 0.25) is 0 Å². The van der Waals surface area contributed by atoms with E-state index in [9.17, 15) is 0 Å². The number of ether oxygens (including phenoxy) is 2. The molecule has 0 radical (unpaired) electrons. The molecule has 0 aliphatic heterocycles. The van der Waals surface area contributed by atoms with Crippen LogP contribution in [0.1, 0.15) is 26.3 Å². The maximum Gasteiger partial charge on any atom is 0.191 e. The first kappa shape index (κ1) is 18.3. The highest BCUT2D eigenvalue weighted by molar-refractivity contribution is 5.79. The molecule has 0 unspecified atom stereocenters. The number of rotatable bonds is 9. The van der Waals surface area contributed by atoms with Gasteiger partial charge in [0.15, 0.2) is 5.96 Å². The molecule has 0 saturated heterocycles. The van der Waals surface area contributed by atoms with Gasteiger partial charge >= 0.3 is 0 Å². The summed E-state index contributed by atoms with van der Waals surface area (Å²) in [5.41, 5.74) is 1.15. The molecule has 0 spiro atoms. The van der Waals surface area contributed by atoms with Gasteiger partial charge in [-0.25, -0.2) is 4.99 Å². The Bertz CT molecular complexity index is 430. The van der Waals surface area contributed by atoms with Gasteiger partial charge in [0.05, 0.1) is 20.3 Å². The Kier molecular flexibility index (Phi) is 9.07. The monoisotopic (exact) mass is 307 g/mol. The number of nitrogens with zero attached hydrogens (tertiary/aromatic N) is 1. The summed E-state index contributed by atoms with van der Waals surface area (Å²) in [6.45, 7) is 10.0. The molecular formula is C17H29N3O2. The molecule has 0 aliphatic rings. The summed E-state index contributed by atoms with van der Waals surface area (Å²) in [6, 6.07) is 7.95. The Balaban J connectivity index is 2.40. The summed E-state index contributed by atoms with van der Waals surface area (Å²) in [5, 5.41) is 6.51. The summed E-state index contributed by atoms with van der Waals surface area (Å²) < 4.78 is 10.7. The van der Waals surface area contributed by atoms with Crippen LogP contribution in [0.15, 0.2) is 29.3 Å². The zero-order valence-electron chi connectivity index (χ0n) is 14.2. The van der Waals surface area contributed by atoms with Gasteiger partial charge in [-0.15, -0.1) is 0 Å². The Morgan fingerprint density at radius 1 is 1.18 bits per heavy atom. The highest BCUT2D eigenvalue weighted by atomic mass is 16.5. The molecule has 0 amide bonds. The quantitative estimate of drug-likeness (QED) is 0.418. The second-order valence-electron chi connectivity index (χ2n) is 5.44. The zero-order valence-corrected chi connectivity index (χ0v) is 14.2. The Hall–Kier alpha value is -1.75. The SMILES string of the molecule is CCNC(=NCc1ccc(OC)cc1)NCCOCC(C)C. The lowest BCUT2D eigenvalue weighted by Crippen LogP contribution is -2.39. The van der Waals surface area contributed by atoms with Gasteiger partial charge < -0.3 is 20.1 Å². The number of nitrogens with one attached hydrogen (secondary N) is 2. The van der Waals surface area contributed by atoms with E-state index >= 15 is 0 Å². The number of hydrogen-bond acceptors (Lipinski definition) is 3. The molecular weight excluding hydrogens is 278 g/mol. The van der Waals surface area contributed by atoms with Gasteiger partial charge in [-0.1, -0.05) is 26.0 Å². The first-order valence-corrected chi connectivity index (χ1v) is 7.88. The predicted molar refractivity (Wildman–Crippen MR) is 91.5 cm³/mol. The number of methoxy groups -OCH3 is 1. The molecule has 0 bridgehead atoms. The molecule has 124 valence electrons. The minimum Gasteiger partial charge on any atom is -0.497 e. The van der Waals surface area contributed by atoms with E-state index in [0.29, 0.717) is 19.1 Å². The third kappa shape index (κ3) is 7.88. The standard InChI is InChI=1S/C17H29N3O2/c1-5-18-17(19-10-11-22-13-14(2)3)20-12-15-6-8-16(21-4)9-7-15/h6-9,14H,5,10-13H2,1-4H3,(H2,18,19,20). The fraction of sp³-hybridized carbons (Fsp3) is 0.588. The smallest absolute Gasteiger partial charge is 0.191 e. The van der Waals surface area contributed by atoms with Gasteiger partial charge in [-0.3, -0.25) is 0 Å². The van der Waals surface area contributed by atoms with Crippen molar-refractivity contribution in [3.8, 4) is 5.75 Å². The molecule has 1 rings (SSSR count). The molecule has 5 nitrogen and oxygen atoms in total. The summed E-state index contributed by atoms with van der Waals surface area (Å²) in [6.07, 6.45) is 0.